The third kappa shape index (κ3) is 2.79. The molecule has 1 atom stereocenters. The largest absolute Gasteiger partial charge is 0.337 e. The number of aryl methyl sites for hydroxylation is 1. The summed E-state index contributed by atoms with van der Waals surface area (Å²) < 4.78 is 0. The van der Waals surface area contributed by atoms with Crippen LogP contribution in [-0.4, -0.2) is 47.4 Å². The summed E-state index contributed by atoms with van der Waals surface area (Å²) >= 11 is 0. The highest BCUT2D eigenvalue weighted by Gasteiger charge is 2.47. The van der Waals surface area contributed by atoms with Gasteiger partial charge in [-0.1, -0.05) is 32.0 Å². The van der Waals surface area contributed by atoms with Gasteiger partial charge in [0, 0.05) is 30.7 Å². The molecule has 1 aromatic rings. The van der Waals surface area contributed by atoms with Gasteiger partial charge in [-0.05, 0) is 50.3 Å². The number of rotatable bonds is 3. The quantitative estimate of drug-likeness (QED) is 0.855. The number of carbonyl (C=O) groups is 1. The summed E-state index contributed by atoms with van der Waals surface area (Å²) in [6, 6.07) is 7.95. The highest BCUT2D eigenvalue weighted by atomic mass is 16.2. The Morgan fingerprint density at radius 3 is 2.73 bits per heavy atom. The first kappa shape index (κ1) is 15.5. The molecule has 2 heterocycles. The molecule has 2 fully saturated rings. The predicted molar refractivity (Wildman–Crippen MR) is 90.1 cm³/mol. The van der Waals surface area contributed by atoms with E-state index in [1.807, 2.05) is 31.2 Å². The lowest BCUT2D eigenvalue weighted by Gasteiger charge is -2.36. The average molecular weight is 300 g/mol. The molecule has 0 bridgehead atoms. The summed E-state index contributed by atoms with van der Waals surface area (Å²) in [6.07, 6.45) is 3.66. The van der Waals surface area contributed by atoms with Crippen LogP contribution in [0.3, 0.4) is 0 Å². The molecule has 22 heavy (non-hydrogen) atoms. The highest BCUT2D eigenvalue weighted by Crippen LogP contribution is 2.38. The normalized spacial score (nSPS) is 25.5. The Labute approximate surface area is 134 Å². The van der Waals surface area contributed by atoms with Gasteiger partial charge >= 0.3 is 0 Å². The summed E-state index contributed by atoms with van der Waals surface area (Å²) in [5.41, 5.74) is 2.20. The fraction of sp³-hybridized carbons (Fsp3) is 0.632. The summed E-state index contributed by atoms with van der Waals surface area (Å²) in [5, 5.41) is 0. The smallest absolute Gasteiger partial charge is 0.254 e. The third-order valence-electron chi connectivity index (χ3n) is 5.32. The van der Waals surface area contributed by atoms with Crippen molar-refractivity contribution in [2.24, 2.45) is 5.92 Å². The Kier molecular flexibility index (Phi) is 4.26. The van der Waals surface area contributed by atoms with Gasteiger partial charge in [0.15, 0.2) is 0 Å². The van der Waals surface area contributed by atoms with Gasteiger partial charge < -0.3 is 4.90 Å². The van der Waals surface area contributed by atoms with Crippen molar-refractivity contribution >= 4 is 5.91 Å². The minimum atomic E-state index is 0.214. The van der Waals surface area contributed by atoms with Crippen LogP contribution in [0.5, 0.6) is 0 Å². The number of benzene rings is 1. The van der Waals surface area contributed by atoms with Crippen LogP contribution in [-0.2, 0) is 0 Å². The molecule has 1 aromatic carbocycles. The summed E-state index contributed by atoms with van der Waals surface area (Å²) in [5.74, 6) is 0.905. The minimum Gasteiger partial charge on any atom is -0.337 e. The Morgan fingerprint density at radius 2 is 2.00 bits per heavy atom. The lowest BCUT2D eigenvalue weighted by molar-refractivity contribution is 0.0737. The number of amides is 1. The number of hydrogen-bond donors (Lipinski definition) is 0. The van der Waals surface area contributed by atoms with Crippen LogP contribution < -0.4 is 0 Å². The lowest BCUT2D eigenvalue weighted by atomic mass is 9.94. The molecule has 0 aromatic heterocycles. The Bertz CT molecular complexity index is 554. The van der Waals surface area contributed by atoms with Crippen molar-refractivity contribution in [3.63, 3.8) is 0 Å². The van der Waals surface area contributed by atoms with Gasteiger partial charge in [-0.15, -0.1) is 0 Å². The lowest BCUT2D eigenvalue weighted by Crippen LogP contribution is -2.48. The number of carbonyl (C=O) groups excluding carboxylic acids is 1. The summed E-state index contributed by atoms with van der Waals surface area (Å²) in [4.78, 5) is 17.6. The summed E-state index contributed by atoms with van der Waals surface area (Å²) in [6.45, 7) is 10.8. The number of likely N-dealkylation sites (tertiary alicyclic amines) is 2. The van der Waals surface area contributed by atoms with Crippen molar-refractivity contribution in [1.29, 1.82) is 0 Å². The van der Waals surface area contributed by atoms with Crippen LogP contribution in [0.1, 0.15) is 49.0 Å². The van der Waals surface area contributed by atoms with Crippen molar-refractivity contribution in [1.82, 2.24) is 9.80 Å². The van der Waals surface area contributed by atoms with Crippen LogP contribution in [0.4, 0.5) is 0 Å². The molecule has 2 aliphatic heterocycles. The second-order valence-electron chi connectivity index (χ2n) is 7.46. The molecular formula is C19H28N2O. The van der Waals surface area contributed by atoms with E-state index in [2.05, 4.69) is 23.6 Å². The molecule has 0 radical (unpaired) electrons. The molecule has 0 N–H and O–H groups in total. The molecule has 0 aliphatic carbocycles. The maximum absolute atomic E-state index is 12.8. The van der Waals surface area contributed by atoms with Crippen LogP contribution in [0.15, 0.2) is 24.3 Å². The predicted octanol–water partition coefficient (Wildman–Crippen LogP) is 3.33. The van der Waals surface area contributed by atoms with E-state index in [0.29, 0.717) is 5.92 Å². The zero-order chi connectivity index (χ0) is 15.7. The van der Waals surface area contributed by atoms with Gasteiger partial charge in [-0.2, -0.15) is 0 Å². The van der Waals surface area contributed by atoms with E-state index < -0.39 is 0 Å². The Hall–Kier alpha value is -1.35. The molecule has 120 valence electrons. The van der Waals surface area contributed by atoms with Gasteiger partial charge in [0.2, 0.25) is 0 Å². The van der Waals surface area contributed by atoms with Crippen LogP contribution in [0.2, 0.25) is 0 Å². The molecule has 2 saturated heterocycles. The minimum absolute atomic E-state index is 0.214. The Balaban J connectivity index is 1.74. The van der Waals surface area contributed by atoms with E-state index in [4.69, 9.17) is 0 Å². The molecule has 3 nitrogen and oxygen atoms in total. The van der Waals surface area contributed by atoms with Crippen molar-refractivity contribution in [3.05, 3.63) is 35.4 Å². The molecule has 2 aliphatic rings. The van der Waals surface area contributed by atoms with E-state index in [9.17, 15) is 4.79 Å². The van der Waals surface area contributed by atoms with Gasteiger partial charge in [0.05, 0.1) is 0 Å². The highest BCUT2D eigenvalue weighted by molar-refractivity contribution is 5.95. The van der Waals surface area contributed by atoms with E-state index in [-0.39, 0.29) is 11.4 Å². The van der Waals surface area contributed by atoms with Crippen molar-refractivity contribution in [3.8, 4) is 0 Å². The van der Waals surface area contributed by atoms with E-state index in [1.54, 1.807) is 0 Å². The van der Waals surface area contributed by atoms with Gasteiger partial charge in [0.25, 0.3) is 5.91 Å². The summed E-state index contributed by atoms with van der Waals surface area (Å²) in [7, 11) is 0. The van der Waals surface area contributed by atoms with Gasteiger partial charge in [-0.3, -0.25) is 9.69 Å². The first-order chi connectivity index (χ1) is 10.5. The molecule has 3 rings (SSSR count). The standard InChI is InChI=1S/C19H28N2O/c1-15(2)13-21-11-6-9-19(21)10-12-20(14-19)18(22)17-8-5-4-7-16(17)3/h4-5,7-8,15H,6,9-14H2,1-3H3. The first-order valence-corrected chi connectivity index (χ1v) is 8.62. The first-order valence-electron chi connectivity index (χ1n) is 8.62. The molecule has 1 spiro atoms. The maximum Gasteiger partial charge on any atom is 0.254 e. The van der Waals surface area contributed by atoms with Crippen molar-refractivity contribution < 1.29 is 4.79 Å². The monoisotopic (exact) mass is 300 g/mol. The number of hydrogen-bond acceptors (Lipinski definition) is 2. The number of nitrogens with zero attached hydrogens (tertiary/aromatic N) is 2. The second kappa shape index (κ2) is 6.04. The zero-order valence-corrected chi connectivity index (χ0v) is 14.1. The topological polar surface area (TPSA) is 23.6 Å². The molecule has 1 unspecified atom stereocenters. The van der Waals surface area contributed by atoms with Crippen molar-refractivity contribution in [2.75, 3.05) is 26.2 Å². The van der Waals surface area contributed by atoms with Crippen LogP contribution in [0.25, 0.3) is 0 Å². The fourth-order valence-corrected chi connectivity index (χ4v) is 4.20. The molecule has 0 saturated carbocycles. The average Bonchev–Trinajstić information content (AvgIpc) is 3.07. The third-order valence-corrected chi connectivity index (χ3v) is 5.32. The van der Waals surface area contributed by atoms with Gasteiger partial charge in [-0.25, -0.2) is 0 Å². The second-order valence-corrected chi connectivity index (χ2v) is 7.46. The van der Waals surface area contributed by atoms with Crippen molar-refractivity contribution in [2.45, 2.75) is 45.6 Å². The van der Waals surface area contributed by atoms with E-state index in [0.717, 1.165) is 37.2 Å². The van der Waals surface area contributed by atoms with Crippen LogP contribution >= 0.6 is 0 Å². The molecular weight excluding hydrogens is 272 g/mol. The van der Waals surface area contributed by atoms with E-state index in [1.165, 1.54) is 19.4 Å². The Morgan fingerprint density at radius 1 is 1.23 bits per heavy atom. The molecule has 3 heteroatoms. The fourth-order valence-electron chi connectivity index (χ4n) is 4.20. The molecule has 1 amide bonds. The SMILES string of the molecule is Cc1ccccc1C(=O)N1CCC2(CCCN2CC(C)C)C1. The van der Waals surface area contributed by atoms with E-state index >= 15 is 0 Å². The van der Waals surface area contributed by atoms with Gasteiger partial charge in [0.1, 0.15) is 0 Å². The maximum atomic E-state index is 12.8. The zero-order valence-electron chi connectivity index (χ0n) is 14.1. The van der Waals surface area contributed by atoms with Crippen LogP contribution in [0, 0.1) is 12.8 Å².